The van der Waals surface area contributed by atoms with Crippen LogP contribution in [-0.2, 0) is 16.1 Å². The normalized spacial score (nSPS) is 11.5. The number of hydrogen-bond donors (Lipinski definition) is 1. The maximum absolute atomic E-state index is 12.5. The number of nitrogens with one attached hydrogen (secondary N) is 1. The van der Waals surface area contributed by atoms with Gasteiger partial charge < -0.3 is 10.1 Å². The zero-order valence-electron chi connectivity index (χ0n) is 15.3. The molecule has 2 aromatic rings. The van der Waals surface area contributed by atoms with Gasteiger partial charge in [0.1, 0.15) is 5.69 Å². The van der Waals surface area contributed by atoms with E-state index in [-0.39, 0.29) is 30.1 Å². The molecule has 2 rings (SSSR count). The van der Waals surface area contributed by atoms with Crippen molar-refractivity contribution in [2.45, 2.75) is 26.8 Å². The van der Waals surface area contributed by atoms with E-state index in [0.717, 1.165) is 5.56 Å². The second kappa shape index (κ2) is 9.47. The van der Waals surface area contributed by atoms with E-state index in [4.69, 9.17) is 4.74 Å². The summed E-state index contributed by atoms with van der Waals surface area (Å²) in [4.78, 5) is 34.9. The van der Waals surface area contributed by atoms with Gasteiger partial charge >= 0.3 is 5.97 Å². The largest absolute Gasteiger partial charge is 0.466 e. The highest BCUT2D eigenvalue weighted by Crippen LogP contribution is 2.27. The third kappa shape index (κ3) is 5.64. The lowest BCUT2D eigenvalue weighted by molar-refractivity contribution is -0.384. The molecular weight excluding hydrogens is 348 g/mol. The maximum Gasteiger partial charge on any atom is 0.306 e. The number of carbonyl (C=O) groups is 2. The zero-order valence-corrected chi connectivity index (χ0v) is 15.3. The van der Waals surface area contributed by atoms with Gasteiger partial charge in [0.05, 0.1) is 18.0 Å². The number of ketones is 1. The minimum Gasteiger partial charge on any atom is -0.466 e. The number of esters is 1. The molecule has 7 heteroatoms. The Morgan fingerprint density at radius 3 is 2.52 bits per heavy atom. The summed E-state index contributed by atoms with van der Waals surface area (Å²) in [7, 11) is 0. The summed E-state index contributed by atoms with van der Waals surface area (Å²) in [5.74, 6) is -1.42. The van der Waals surface area contributed by atoms with Crippen molar-refractivity contribution in [2.24, 2.45) is 5.92 Å². The fourth-order valence-corrected chi connectivity index (χ4v) is 2.63. The first-order chi connectivity index (χ1) is 12.9. The molecule has 27 heavy (non-hydrogen) atoms. The van der Waals surface area contributed by atoms with Crippen molar-refractivity contribution in [3.05, 3.63) is 69.8 Å². The van der Waals surface area contributed by atoms with Gasteiger partial charge in [-0.15, -0.1) is 0 Å². The number of hydrogen-bond acceptors (Lipinski definition) is 6. The second-order valence-electron chi connectivity index (χ2n) is 6.10. The average molecular weight is 370 g/mol. The predicted octanol–water partition coefficient (Wildman–Crippen LogP) is 3.98. The van der Waals surface area contributed by atoms with Crippen LogP contribution in [0.3, 0.4) is 0 Å². The molecule has 1 atom stereocenters. The van der Waals surface area contributed by atoms with Crippen molar-refractivity contribution in [2.75, 3.05) is 11.9 Å². The number of benzene rings is 2. The molecule has 0 spiro atoms. The molecule has 0 radical (unpaired) electrons. The van der Waals surface area contributed by atoms with Crippen LogP contribution in [0.25, 0.3) is 0 Å². The molecule has 0 amide bonds. The molecule has 0 aliphatic carbocycles. The second-order valence-corrected chi connectivity index (χ2v) is 6.10. The molecule has 0 unspecified atom stereocenters. The van der Waals surface area contributed by atoms with E-state index in [1.165, 1.54) is 18.2 Å². The van der Waals surface area contributed by atoms with Crippen molar-refractivity contribution < 1.29 is 19.2 Å². The fourth-order valence-electron chi connectivity index (χ4n) is 2.63. The number of nitro benzene ring substituents is 1. The number of Topliss-reactive ketones (excluding diaryl/α,β-unsaturated/α-hetero) is 1. The quantitative estimate of drug-likeness (QED) is 0.310. The molecule has 2 aromatic carbocycles. The van der Waals surface area contributed by atoms with Gasteiger partial charge in [-0.1, -0.05) is 37.3 Å². The highest BCUT2D eigenvalue weighted by Gasteiger charge is 2.23. The Morgan fingerprint density at radius 2 is 1.89 bits per heavy atom. The highest BCUT2D eigenvalue weighted by atomic mass is 16.6. The molecule has 7 nitrogen and oxygen atoms in total. The SMILES string of the molecule is CCOC(=O)C[C@H](C)C(=O)c1ccc(NCc2ccccc2)c([N+](=O)[O-])c1. The molecular formula is C20H22N2O5. The average Bonchev–Trinajstić information content (AvgIpc) is 2.66. The number of nitro groups is 1. The minimum atomic E-state index is -0.619. The van der Waals surface area contributed by atoms with Gasteiger partial charge in [0.25, 0.3) is 5.69 Å². The minimum absolute atomic E-state index is 0.0610. The third-order valence-corrected chi connectivity index (χ3v) is 4.03. The summed E-state index contributed by atoms with van der Waals surface area (Å²) >= 11 is 0. The van der Waals surface area contributed by atoms with E-state index in [2.05, 4.69) is 5.32 Å². The van der Waals surface area contributed by atoms with Crippen LogP contribution in [0.1, 0.15) is 36.2 Å². The van der Waals surface area contributed by atoms with Crippen LogP contribution in [0.15, 0.2) is 48.5 Å². The van der Waals surface area contributed by atoms with E-state index in [1.807, 2.05) is 30.3 Å². The van der Waals surface area contributed by atoms with Gasteiger partial charge in [-0.05, 0) is 24.6 Å². The van der Waals surface area contributed by atoms with Crippen LogP contribution in [0, 0.1) is 16.0 Å². The molecule has 142 valence electrons. The van der Waals surface area contributed by atoms with Crippen molar-refractivity contribution in [3.8, 4) is 0 Å². The summed E-state index contributed by atoms with van der Waals surface area (Å²) in [5, 5.41) is 14.4. The summed E-state index contributed by atoms with van der Waals surface area (Å²) in [6, 6.07) is 13.8. The number of ether oxygens (including phenoxy) is 1. The summed E-state index contributed by atoms with van der Waals surface area (Å²) in [6.45, 7) is 3.96. The Bertz CT molecular complexity index is 820. The van der Waals surface area contributed by atoms with Gasteiger partial charge in [0, 0.05) is 24.1 Å². The Balaban J connectivity index is 2.15. The van der Waals surface area contributed by atoms with Crippen LogP contribution < -0.4 is 5.32 Å². The lowest BCUT2D eigenvalue weighted by Gasteiger charge is -2.12. The van der Waals surface area contributed by atoms with Gasteiger partial charge in [-0.3, -0.25) is 19.7 Å². The maximum atomic E-state index is 12.5. The van der Waals surface area contributed by atoms with Gasteiger partial charge in [0.2, 0.25) is 0 Å². The summed E-state index contributed by atoms with van der Waals surface area (Å²) in [6.07, 6.45) is -0.0610. The molecule has 0 saturated carbocycles. The van der Waals surface area contributed by atoms with Gasteiger partial charge in [-0.25, -0.2) is 0 Å². The number of rotatable bonds is 9. The standard InChI is InChI=1S/C20H22N2O5/c1-3-27-19(23)11-14(2)20(24)16-9-10-17(18(12-16)22(25)26)21-13-15-7-5-4-6-8-15/h4-10,12,14,21H,3,11,13H2,1-2H3/t14-/m0/s1. The highest BCUT2D eigenvalue weighted by molar-refractivity contribution is 6.00. The van der Waals surface area contributed by atoms with Crippen LogP contribution in [-0.4, -0.2) is 23.3 Å². The molecule has 0 aliphatic rings. The Morgan fingerprint density at radius 1 is 1.19 bits per heavy atom. The fraction of sp³-hybridized carbons (Fsp3) is 0.300. The number of nitrogens with zero attached hydrogens (tertiary/aromatic N) is 1. The van der Waals surface area contributed by atoms with Crippen LogP contribution in [0.4, 0.5) is 11.4 Å². The Hall–Kier alpha value is -3.22. The van der Waals surface area contributed by atoms with Gasteiger partial charge in [-0.2, -0.15) is 0 Å². The van der Waals surface area contributed by atoms with Crippen LogP contribution in [0.5, 0.6) is 0 Å². The van der Waals surface area contributed by atoms with Crippen molar-refractivity contribution in [1.29, 1.82) is 0 Å². The summed E-state index contributed by atoms with van der Waals surface area (Å²) < 4.78 is 4.84. The van der Waals surface area contributed by atoms with E-state index in [1.54, 1.807) is 13.8 Å². The lowest BCUT2D eigenvalue weighted by Crippen LogP contribution is -2.17. The van der Waals surface area contributed by atoms with E-state index in [9.17, 15) is 19.7 Å². The van der Waals surface area contributed by atoms with Crippen molar-refractivity contribution in [1.82, 2.24) is 0 Å². The molecule has 0 bridgehead atoms. The topological polar surface area (TPSA) is 98.5 Å². The van der Waals surface area contributed by atoms with Crippen LogP contribution >= 0.6 is 0 Å². The van der Waals surface area contributed by atoms with E-state index < -0.39 is 16.8 Å². The van der Waals surface area contributed by atoms with E-state index >= 15 is 0 Å². The Labute approximate surface area is 157 Å². The monoisotopic (exact) mass is 370 g/mol. The zero-order chi connectivity index (χ0) is 19.8. The molecule has 0 aromatic heterocycles. The molecule has 1 N–H and O–H groups in total. The third-order valence-electron chi connectivity index (χ3n) is 4.03. The van der Waals surface area contributed by atoms with Crippen molar-refractivity contribution in [3.63, 3.8) is 0 Å². The molecule has 0 fully saturated rings. The number of carbonyl (C=O) groups excluding carboxylic acids is 2. The predicted molar refractivity (Wildman–Crippen MR) is 102 cm³/mol. The van der Waals surface area contributed by atoms with E-state index in [0.29, 0.717) is 12.2 Å². The smallest absolute Gasteiger partial charge is 0.306 e. The van der Waals surface area contributed by atoms with Crippen molar-refractivity contribution >= 4 is 23.1 Å². The first kappa shape index (κ1) is 20.1. The first-order valence-electron chi connectivity index (χ1n) is 8.68. The Kier molecular flexibility index (Phi) is 7.05. The molecule has 0 saturated heterocycles. The number of anilines is 1. The lowest BCUT2D eigenvalue weighted by atomic mass is 9.96. The molecule has 0 aliphatic heterocycles. The summed E-state index contributed by atoms with van der Waals surface area (Å²) in [5.41, 5.74) is 1.33. The molecule has 0 heterocycles. The van der Waals surface area contributed by atoms with Crippen LogP contribution in [0.2, 0.25) is 0 Å². The van der Waals surface area contributed by atoms with Gasteiger partial charge in [0.15, 0.2) is 5.78 Å². The first-order valence-corrected chi connectivity index (χ1v) is 8.68.